The van der Waals surface area contributed by atoms with Gasteiger partial charge in [0.25, 0.3) is 0 Å². The molecule has 1 heteroatoms. The van der Waals surface area contributed by atoms with Crippen LogP contribution in [0, 0.1) is 11.8 Å². The molecule has 1 heterocycles. The maximum Gasteiger partial charge on any atom is 0.0495 e. The molecule has 1 saturated heterocycles. The number of rotatable bonds is 0. The van der Waals surface area contributed by atoms with E-state index >= 15 is 0 Å². The Hall–Kier alpha value is -0.0400. The smallest absolute Gasteiger partial charge is 0.0495 e. The van der Waals surface area contributed by atoms with Crippen molar-refractivity contribution in [3.05, 3.63) is 0 Å². The fourth-order valence-corrected chi connectivity index (χ4v) is 0.768. The van der Waals surface area contributed by atoms with Gasteiger partial charge in [-0.2, -0.15) is 0 Å². The molecular weight excluding hydrogens is 88.1 g/mol. The van der Waals surface area contributed by atoms with E-state index < -0.39 is 0 Å². The van der Waals surface area contributed by atoms with Gasteiger partial charge in [0.15, 0.2) is 0 Å². The van der Waals surface area contributed by atoms with Crippen LogP contribution in [0.3, 0.4) is 0 Å². The molecule has 0 aromatic carbocycles. The second-order valence-corrected chi connectivity index (χ2v) is 2.49. The summed E-state index contributed by atoms with van der Waals surface area (Å²) in [5.41, 5.74) is 0. The summed E-state index contributed by atoms with van der Waals surface area (Å²) in [4.78, 5) is 0. The van der Waals surface area contributed by atoms with Crippen molar-refractivity contribution >= 4 is 0 Å². The normalized spacial score (nSPS) is 42.0. The molecule has 42 valence electrons. The van der Waals surface area contributed by atoms with E-state index in [9.17, 15) is 0 Å². The van der Waals surface area contributed by atoms with E-state index in [4.69, 9.17) is 4.74 Å². The maximum absolute atomic E-state index is 5.17. The third-order valence-corrected chi connectivity index (χ3v) is 1.73. The van der Waals surface area contributed by atoms with Crippen LogP contribution in [0.25, 0.3) is 0 Å². The molecule has 1 rings (SSSR count). The van der Waals surface area contributed by atoms with Gasteiger partial charge in [-0.3, -0.25) is 0 Å². The standard InChI is InChI=1S/C6H12O/c1-5-3-7-4-6(5)2/h5-6H,3-4H2,1-2H3. The summed E-state index contributed by atoms with van der Waals surface area (Å²) in [6, 6.07) is 0. The van der Waals surface area contributed by atoms with E-state index in [1.54, 1.807) is 0 Å². The first-order valence-corrected chi connectivity index (χ1v) is 2.88. The van der Waals surface area contributed by atoms with Crippen molar-refractivity contribution in [1.29, 1.82) is 0 Å². The predicted molar refractivity (Wildman–Crippen MR) is 29.1 cm³/mol. The van der Waals surface area contributed by atoms with Gasteiger partial charge in [0.1, 0.15) is 0 Å². The Morgan fingerprint density at radius 1 is 1.14 bits per heavy atom. The first-order valence-electron chi connectivity index (χ1n) is 2.88. The molecule has 1 aliphatic rings. The molecule has 1 aliphatic heterocycles. The van der Waals surface area contributed by atoms with Crippen molar-refractivity contribution in [2.24, 2.45) is 11.8 Å². The van der Waals surface area contributed by atoms with Gasteiger partial charge in [0.2, 0.25) is 0 Å². The van der Waals surface area contributed by atoms with E-state index in [0.29, 0.717) is 0 Å². The predicted octanol–water partition coefficient (Wildman–Crippen LogP) is 1.29. The molecule has 1 fully saturated rings. The van der Waals surface area contributed by atoms with Crippen LogP contribution in [0.1, 0.15) is 13.8 Å². The lowest BCUT2D eigenvalue weighted by Gasteiger charge is -2.01. The minimum Gasteiger partial charge on any atom is -0.381 e. The fraction of sp³-hybridized carbons (Fsp3) is 1.00. The molecule has 0 bridgehead atoms. The second kappa shape index (κ2) is 1.83. The monoisotopic (exact) mass is 100 g/mol. The molecule has 0 spiro atoms. The van der Waals surface area contributed by atoms with Gasteiger partial charge < -0.3 is 4.74 Å². The molecule has 0 aliphatic carbocycles. The molecule has 2 atom stereocenters. The van der Waals surface area contributed by atoms with Gasteiger partial charge in [-0.25, -0.2) is 0 Å². The number of hydrogen-bond acceptors (Lipinski definition) is 1. The molecule has 0 aromatic rings. The van der Waals surface area contributed by atoms with Gasteiger partial charge >= 0.3 is 0 Å². The second-order valence-electron chi connectivity index (χ2n) is 2.49. The Labute approximate surface area is 44.7 Å². The topological polar surface area (TPSA) is 9.23 Å². The van der Waals surface area contributed by atoms with Gasteiger partial charge in [0, 0.05) is 13.2 Å². The zero-order valence-corrected chi connectivity index (χ0v) is 4.98. The molecule has 2 unspecified atom stereocenters. The van der Waals surface area contributed by atoms with Crippen LogP contribution in [0.5, 0.6) is 0 Å². The number of hydrogen-bond donors (Lipinski definition) is 0. The van der Waals surface area contributed by atoms with Gasteiger partial charge in [0.05, 0.1) is 0 Å². The third kappa shape index (κ3) is 0.942. The van der Waals surface area contributed by atoms with Crippen LogP contribution < -0.4 is 0 Å². The van der Waals surface area contributed by atoms with Crippen LogP contribution in [-0.2, 0) is 4.74 Å². The van der Waals surface area contributed by atoms with E-state index in [0.717, 1.165) is 25.0 Å². The van der Waals surface area contributed by atoms with Crippen LogP contribution in [-0.4, -0.2) is 13.2 Å². The molecule has 0 radical (unpaired) electrons. The van der Waals surface area contributed by atoms with Crippen molar-refractivity contribution in [3.8, 4) is 0 Å². The van der Waals surface area contributed by atoms with Crippen LogP contribution >= 0.6 is 0 Å². The van der Waals surface area contributed by atoms with Gasteiger partial charge in [-0.15, -0.1) is 0 Å². The minimum atomic E-state index is 0.792. The highest BCUT2D eigenvalue weighted by molar-refractivity contribution is 4.65. The Morgan fingerprint density at radius 2 is 1.57 bits per heavy atom. The van der Waals surface area contributed by atoms with E-state index in [2.05, 4.69) is 13.8 Å². The molecule has 0 aromatic heterocycles. The Kier molecular flexibility index (Phi) is 1.33. The molecular formula is C6H12O. The van der Waals surface area contributed by atoms with Crippen LogP contribution in [0.2, 0.25) is 0 Å². The van der Waals surface area contributed by atoms with Gasteiger partial charge in [-0.05, 0) is 11.8 Å². The zero-order chi connectivity index (χ0) is 5.28. The number of ether oxygens (including phenoxy) is 1. The third-order valence-electron chi connectivity index (χ3n) is 1.73. The minimum absolute atomic E-state index is 0.792. The Bertz CT molecular complexity index is 53.2. The molecule has 0 amide bonds. The highest BCUT2D eigenvalue weighted by Gasteiger charge is 2.18. The lowest BCUT2D eigenvalue weighted by atomic mass is 10.0. The van der Waals surface area contributed by atoms with Crippen LogP contribution in [0.15, 0.2) is 0 Å². The largest absolute Gasteiger partial charge is 0.381 e. The van der Waals surface area contributed by atoms with Crippen molar-refractivity contribution in [3.63, 3.8) is 0 Å². The maximum atomic E-state index is 5.17. The Morgan fingerprint density at radius 3 is 1.71 bits per heavy atom. The summed E-state index contributed by atoms with van der Waals surface area (Å²) < 4.78 is 5.17. The molecule has 0 N–H and O–H groups in total. The molecule has 7 heavy (non-hydrogen) atoms. The summed E-state index contributed by atoms with van der Waals surface area (Å²) >= 11 is 0. The zero-order valence-electron chi connectivity index (χ0n) is 4.98. The van der Waals surface area contributed by atoms with Crippen molar-refractivity contribution in [2.45, 2.75) is 13.8 Å². The summed E-state index contributed by atoms with van der Waals surface area (Å²) in [7, 11) is 0. The summed E-state index contributed by atoms with van der Waals surface area (Å²) in [6.07, 6.45) is 0. The summed E-state index contributed by atoms with van der Waals surface area (Å²) in [6.45, 7) is 6.41. The highest BCUT2D eigenvalue weighted by atomic mass is 16.5. The van der Waals surface area contributed by atoms with E-state index in [1.807, 2.05) is 0 Å². The average molecular weight is 100 g/mol. The summed E-state index contributed by atoms with van der Waals surface area (Å²) in [5, 5.41) is 0. The molecule has 1 nitrogen and oxygen atoms in total. The quantitative estimate of drug-likeness (QED) is 0.445. The first-order chi connectivity index (χ1) is 3.30. The lowest BCUT2D eigenvalue weighted by Crippen LogP contribution is -2.01. The van der Waals surface area contributed by atoms with Crippen molar-refractivity contribution in [1.82, 2.24) is 0 Å². The average Bonchev–Trinajstić information content (AvgIpc) is 1.91. The van der Waals surface area contributed by atoms with Crippen molar-refractivity contribution in [2.75, 3.05) is 13.2 Å². The van der Waals surface area contributed by atoms with Gasteiger partial charge in [-0.1, -0.05) is 13.8 Å². The molecule has 0 saturated carbocycles. The van der Waals surface area contributed by atoms with E-state index in [-0.39, 0.29) is 0 Å². The first kappa shape index (κ1) is 5.10. The Balaban J connectivity index is 2.33. The van der Waals surface area contributed by atoms with E-state index in [1.165, 1.54) is 0 Å². The lowest BCUT2D eigenvalue weighted by molar-refractivity contribution is 0.183. The summed E-state index contributed by atoms with van der Waals surface area (Å²) in [5.74, 6) is 1.58. The fourth-order valence-electron chi connectivity index (χ4n) is 0.768. The van der Waals surface area contributed by atoms with Crippen LogP contribution in [0.4, 0.5) is 0 Å². The highest BCUT2D eigenvalue weighted by Crippen LogP contribution is 2.17. The van der Waals surface area contributed by atoms with Crippen molar-refractivity contribution < 1.29 is 4.74 Å². The SMILES string of the molecule is CC1COCC1C.